The fourth-order valence-electron chi connectivity index (χ4n) is 3.77. The van der Waals surface area contributed by atoms with E-state index in [0.717, 1.165) is 18.2 Å². The van der Waals surface area contributed by atoms with Crippen LogP contribution in [0.4, 0.5) is 5.69 Å². The van der Waals surface area contributed by atoms with Crippen LogP contribution in [0.1, 0.15) is 49.4 Å². The number of hydrogen-bond acceptors (Lipinski definition) is 3. The zero-order valence-corrected chi connectivity index (χ0v) is 11.4. The topological polar surface area (TPSA) is 40.5 Å². The van der Waals surface area contributed by atoms with Crippen LogP contribution in [0.2, 0.25) is 0 Å². The summed E-state index contributed by atoms with van der Waals surface area (Å²) < 4.78 is 0. The van der Waals surface area contributed by atoms with Crippen LogP contribution in [0, 0.1) is 5.92 Å². The average Bonchev–Trinajstić information content (AvgIpc) is 2.86. The maximum absolute atomic E-state index is 11.4. The van der Waals surface area contributed by atoms with Crippen molar-refractivity contribution >= 4 is 11.5 Å². The minimum absolute atomic E-state index is 0.0820. The van der Waals surface area contributed by atoms with E-state index in [-0.39, 0.29) is 11.5 Å². The zero-order chi connectivity index (χ0) is 13.4. The van der Waals surface area contributed by atoms with Crippen LogP contribution in [0.15, 0.2) is 18.2 Å². The number of rotatable bonds is 2. The van der Waals surface area contributed by atoms with E-state index in [2.05, 4.69) is 4.90 Å². The first-order valence-electron chi connectivity index (χ1n) is 7.27. The molecule has 1 aromatic rings. The lowest BCUT2D eigenvalue weighted by molar-refractivity contribution is 0.101. The molecule has 19 heavy (non-hydrogen) atoms. The third kappa shape index (κ3) is 2.22. The fourth-order valence-corrected chi connectivity index (χ4v) is 3.77. The first-order valence-corrected chi connectivity index (χ1v) is 7.27. The molecule has 2 atom stereocenters. The number of carbonyl (C=O) groups excluding carboxylic acids is 1. The van der Waals surface area contributed by atoms with Crippen LogP contribution in [0.25, 0.3) is 0 Å². The summed E-state index contributed by atoms with van der Waals surface area (Å²) in [6.07, 6.45) is 6.51. The number of nitrogens with zero attached hydrogens (tertiary/aromatic N) is 1. The minimum atomic E-state index is -0.0820. The number of benzene rings is 1. The summed E-state index contributed by atoms with van der Waals surface area (Å²) in [7, 11) is 0. The van der Waals surface area contributed by atoms with Crippen molar-refractivity contribution in [3.63, 3.8) is 0 Å². The molecule has 0 amide bonds. The lowest BCUT2D eigenvalue weighted by Gasteiger charge is -2.39. The number of anilines is 1. The number of Topliss-reactive ketones (excluding diaryl/α,β-unsaturated/α-hetero) is 1. The molecule has 2 unspecified atom stereocenters. The Bertz CT molecular complexity index is 498. The number of fused-ring (bicyclic) bond motifs is 1. The molecular weight excluding hydrogens is 238 g/mol. The minimum Gasteiger partial charge on any atom is -0.507 e. The van der Waals surface area contributed by atoms with Gasteiger partial charge in [0.15, 0.2) is 5.78 Å². The molecular formula is C16H21NO2. The van der Waals surface area contributed by atoms with Crippen molar-refractivity contribution in [1.82, 2.24) is 0 Å². The first-order chi connectivity index (χ1) is 9.16. The van der Waals surface area contributed by atoms with Crippen molar-refractivity contribution in [2.45, 2.75) is 45.1 Å². The molecule has 0 aromatic heterocycles. The molecule has 1 aromatic carbocycles. The van der Waals surface area contributed by atoms with Gasteiger partial charge in [-0.2, -0.15) is 0 Å². The molecule has 3 heteroatoms. The second kappa shape index (κ2) is 4.87. The molecule has 1 N–H and O–H groups in total. The zero-order valence-electron chi connectivity index (χ0n) is 11.4. The molecule has 2 fully saturated rings. The van der Waals surface area contributed by atoms with Gasteiger partial charge in [-0.05, 0) is 50.7 Å². The fraction of sp³-hybridized carbons (Fsp3) is 0.562. The van der Waals surface area contributed by atoms with Gasteiger partial charge in [-0.15, -0.1) is 0 Å². The quantitative estimate of drug-likeness (QED) is 0.828. The Morgan fingerprint density at radius 3 is 2.79 bits per heavy atom. The molecule has 102 valence electrons. The number of piperidine rings is 1. The largest absolute Gasteiger partial charge is 0.507 e. The summed E-state index contributed by atoms with van der Waals surface area (Å²) in [6, 6.07) is 6.14. The van der Waals surface area contributed by atoms with E-state index in [9.17, 15) is 9.90 Å². The summed E-state index contributed by atoms with van der Waals surface area (Å²) in [4.78, 5) is 13.8. The molecule has 1 saturated carbocycles. The first kappa shape index (κ1) is 12.5. The molecule has 0 bridgehead atoms. The number of aromatic hydroxyl groups is 1. The van der Waals surface area contributed by atoms with Crippen LogP contribution in [-0.2, 0) is 0 Å². The normalized spacial score (nSPS) is 26.3. The van der Waals surface area contributed by atoms with Crippen molar-refractivity contribution in [1.29, 1.82) is 0 Å². The number of phenols is 1. The second-order valence-corrected chi connectivity index (χ2v) is 5.85. The SMILES string of the molecule is CC(=O)c1ccc(N2CCCC3CCCC32)cc1O. The molecule has 1 aliphatic heterocycles. The number of carbonyl (C=O) groups is 1. The van der Waals surface area contributed by atoms with E-state index in [1.165, 1.54) is 39.0 Å². The Hall–Kier alpha value is -1.51. The van der Waals surface area contributed by atoms with Crippen LogP contribution in [0.3, 0.4) is 0 Å². The molecule has 1 aliphatic carbocycles. The van der Waals surface area contributed by atoms with Crippen LogP contribution in [0.5, 0.6) is 5.75 Å². The third-order valence-electron chi connectivity index (χ3n) is 4.69. The smallest absolute Gasteiger partial charge is 0.163 e. The average molecular weight is 259 g/mol. The summed E-state index contributed by atoms with van der Waals surface area (Å²) in [6.45, 7) is 2.56. The van der Waals surface area contributed by atoms with Crippen molar-refractivity contribution in [3.8, 4) is 5.75 Å². The highest BCUT2D eigenvalue weighted by atomic mass is 16.3. The Kier molecular flexibility index (Phi) is 3.21. The van der Waals surface area contributed by atoms with E-state index < -0.39 is 0 Å². The molecule has 0 radical (unpaired) electrons. The van der Waals surface area contributed by atoms with Crippen molar-refractivity contribution in [2.75, 3.05) is 11.4 Å². The summed E-state index contributed by atoms with van der Waals surface area (Å²) in [5.74, 6) is 0.856. The van der Waals surface area contributed by atoms with Gasteiger partial charge in [-0.25, -0.2) is 0 Å². The Morgan fingerprint density at radius 1 is 1.26 bits per heavy atom. The molecule has 2 aliphatic rings. The van der Waals surface area contributed by atoms with Crippen LogP contribution < -0.4 is 4.90 Å². The highest BCUT2D eigenvalue weighted by Gasteiger charge is 2.35. The predicted octanol–water partition coefficient (Wildman–Crippen LogP) is 3.36. The number of phenolic OH excluding ortho intramolecular Hbond substituents is 1. The van der Waals surface area contributed by atoms with Crippen LogP contribution >= 0.6 is 0 Å². The van der Waals surface area contributed by atoms with E-state index in [4.69, 9.17) is 0 Å². The maximum atomic E-state index is 11.4. The highest BCUT2D eigenvalue weighted by molar-refractivity contribution is 5.97. The van der Waals surface area contributed by atoms with Gasteiger partial charge in [0.2, 0.25) is 0 Å². The van der Waals surface area contributed by atoms with E-state index in [1.54, 1.807) is 12.1 Å². The summed E-state index contributed by atoms with van der Waals surface area (Å²) in [5.41, 5.74) is 1.49. The van der Waals surface area contributed by atoms with Gasteiger partial charge in [0, 0.05) is 24.3 Å². The highest BCUT2D eigenvalue weighted by Crippen LogP contribution is 2.40. The maximum Gasteiger partial charge on any atom is 0.163 e. The number of ketones is 1. The summed E-state index contributed by atoms with van der Waals surface area (Å²) in [5, 5.41) is 9.99. The molecule has 3 rings (SSSR count). The van der Waals surface area contributed by atoms with Crippen molar-refractivity contribution in [3.05, 3.63) is 23.8 Å². The monoisotopic (exact) mass is 259 g/mol. The van der Waals surface area contributed by atoms with E-state index in [1.807, 2.05) is 6.07 Å². The van der Waals surface area contributed by atoms with Crippen molar-refractivity contribution < 1.29 is 9.90 Å². The predicted molar refractivity (Wildman–Crippen MR) is 75.8 cm³/mol. The standard InChI is InChI=1S/C16H21NO2/c1-11(18)14-8-7-13(10-16(14)19)17-9-3-5-12-4-2-6-15(12)17/h7-8,10,12,15,19H,2-6,9H2,1H3. The van der Waals surface area contributed by atoms with Crippen molar-refractivity contribution in [2.24, 2.45) is 5.92 Å². The molecule has 1 heterocycles. The van der Waals surface area contributed by atoms with E-state index in [0.29, 0.717) is 11.6 Å². The third-order valence-corrected chi connectivity index (χ3v) is 4.69. The van der Waals surface area contributed by atoms with Gasteiger partial charge in [-0.1, -0.05) is 6.42 Å². The van der Waals surface area contributed by atoms with E-state index >= 15 is 0 Å². The Morgan fingerprint density at radius 2 is 2.05 bits per heavy atom. The Balaban J connectivity index is 1.89. The number of hydrogen-bond donors (Lipinski definition) is 1. The van der Waals surface area contributed by atoms with Gasteiger partial charge >= 0.3 is 0 Å². The molecule has 0 spiro atoms. The lowest BCUT2D eigenvalue weighted by Crippen LogP contribution is -2.42. The van der Waals surface area contributed by atoms with Gasteiger partial charge in [0.05, 0.1) is 5.56 Å². The van der Waals surface area contributed by atoms with Gasteiger partial charge in [0.25, 0.3) is 0 Å². The molecule has 3 nitrogen and oxygen atoms in total. The molecule has 1 saturated heterocycles. The summed E-state index contributed by atoms with van der Waals surface area (Å²) >= 11 is 0. The second-order valence-electron chi connectivity index (χ2n) is 5.85. The van der Waals surface area contributed by atoms with Gasteiger partial charge in [0.1, 0.15) is 5.75 Å². The van der Waals surface area contributed by atoms with Crippen LogP contribution in [-0.4, -0.2) is 23.5 Å². The Labute approximate surface area is 114 Å². The van der Waals surface area contributed by atoms with Gasteiger partial charge < -0.3 is 10.0 Å². The lowest BCUT2D eigenvalue weighted by atomic mass is 9.91. The van der Waals surface area contributed by atoms with Gasteiger partial charge in [-0.3, -0.25) is 4.79 Å².